The van der Waals surface area contributed by atoms with E-state index in [0.29, 0.717) is 0 Å². The molecule has 1 amide bonds. The average molecular weight is 478 g/mol. The van der Waals surface area contributed by atoms with Crippen molar-refractivity contribution in [2.75, 3.05) is 20.3 Å². The zero-order valence-electron chi connectivity index (χ0n) is 19.2. The number of fused-ring (bicyclic) bond motifs is 3. The molecule has 4 rings (SSSR count). The van der Waals surface area contributed by atoms with Crippen LogP contribution in [-0.4, -0.2) is 53.7 Å². The Bertz CT molecular complexity index is 1180. The number of rotatable bonds is 9. The molecule has 0 aliphatic heterocycles. The van der Waals surface area contributed by atoms with Gasteiger partial charge in [0.25, 0.3) is 0 Å². The summed E-state index contributed by atoms with van der Waals surface area (Å²) in [5.41, 5.74) is 4.63. The van der Waals surface area contributed by atoms with Gasteiger partial charge in [-0.05, 0) is 52.4 Å². The molecule has 8 nitrogen and oxygen atoms in total. The predicted octanol–water partition coefficient (Wildman–Crippen LogP) is 3.72. The molecule has 0 heterocycles. The number of ether oxygens (including phenoxy) is 2. The van der Waals surface area contributed by atoms with Crippen molar-refractivity contribution >= 4 is 12.1 Å². The summed E-state index contributed by atoms with van der Waals surface area (Å²) in [6.07, 6.45) is -3.18. The van der Waals surface area contributed by atoms with E-state index in [2.05, 4.69) is 17.4 Å². The van der Waals surface area contributed by atoms with Gasteiger partial charge in [-0.2, -0.15) is 0 Å². The van der Waals surface area contributed by atoms with Crippen LogP contribution in [0.5, 0.6) is 5.75 Å². The Labute approximate surface area is 202 Å². The fourth-order valence-electron chi connectivity index (χ4n) is 4.39. The Morgan fingerprint density at radius 3 is 2.20 bits per heavy atom. The quantitative estimate of drug-likeness (QED) is 0.370. The van der Waals surface area contributed by atoms with Crippen molar-refractivity contribution in [2.45, 2.75) is 24.5 Å². The number of alkyl carbamates (subject to hydrolysis) is 1. The molecule has 3 aromatic carbocycles. The predicted molar refractivity (Wildman–Crippen MR) is 129 cm³/mol. The van der Waals surface area contributed by atoms with Gasteiger partial charge in [-0.25, -0.2) is 9.59 Å². The lowest BCUT2D eigenvalue weighted by molar-refractivity contribution is 0.0135. The highest BCUT2D eigenvalue weighted by Gasteiger charge is 2.29. The molecule has 0 aromatic heterocycles. The number of amides is 1. The van der Waals surface area contributed by atoms with E-state index in [1.165, 1.54) is 25.3 Å². The minimum atomic E-state index is -1.35. The van der Waals surface area contributed by atoms with Gasteiger partial charge in [0.1, 0.15) is 18.5 Å². The van der Waals surface area contributed by atoms with Crippen LogP contribution in [0.4, 0.5) is 4.79 Å². The third-order valence-electron chi connectivity index (χ3n) is 6.17. The number of hydrogen-bond acceptors (Lipinski definition) is 6. The summed E-state index contributed by atoms with van der Waals surface area (Å²) in [6.45, 7) is 0.234. The molecule has 0 bridgehead atoms. The fraction of sp³-hybridized carbons (Fsp3) is 0.259. The SMILES string of the molecule is COc1cc(C(=O)O)cc(C(O)C(O)CCNC(=O)OCC2c3ccccc3-c3ccccc32)c1. The number of aromatic carboxylic acids is 1. The smallest absolute Gasteiger partial charge is 0.407 e. The molecule has 182 valence electrons. The molecule has 2 unspecified atom stereocenters. The van der Waals surface area contributed by atoms with E-state index in [1.54, 1.807) is 0 Å². The number of carbonyl (C=O) groups is 2. The monoisotopic (exact) mass is 477 g/mol. The van der Waals surface area contributed by atoms with Crippen LogP contribution in [0.3, 0.4) is 0 Å². The van der Waals surface area contributed by atoms with E-state index < -0.39 is 24.3 Å². The lowest BCUT2D eigenvalue weighted by Crippen LogP contribution is -2.30. The third kappa shape index (κ3) is 5.29. The second kappa shape index (κ2) is 10.6. The molecule has 2 atom stereocenters. The molecule has 8 heteroatoms. The standard InChI is InChI=1S/C27H27NO7/c1-34-18-13-16(12-17(14-18)26(31)32)25(30)24(29)10-11-28-27(33)35-15-23-21-8-4-2-6-19(21)20-7-3-5-9-22(20)23/h2-9,12-14,23-25,29-30H,10-11,15H2,1H3,(H,28,33)(H,31,32). The third-order valence-corrected chi connectivity index (χ3v) is 6.17. The van der Waals surface area contributed by atoms with Crippen LogP contribution in [0.25, 0.3) is 11.1 Å². The highest BCUT2D eigenvalue weighted by Crippen LogP contribution is 2.44. The van der Waals surface area contributed by atoms with Gasteiger partial charge < -0.3 is 30.1 Å². The van der Waals surface area contributed by atoms with Gasteiger partial charge in [-0.1, -0.05) is 48.5 Å². The second-order valence-corrected chi connectivity index (χ2v) is 8.35. The van der Waals surface area contributed by atoms with Gasteiger partial charge in [-0.3, -0.25) is 0 Å². The van der Waals surface area contributed by atoms with Gasteiger partial charge >= 0.3 is 12.1 Å². The maximum absolute atomic E-state index is 12.3. The summed E-state index contributed by atoms with van der Waals surface area (Å²) in [5.74, 6) is -0.983. The number of carboxylic acids is 1. The summed E-state index contributed by atoms with van der Waals surface area (Å²) < 4.78 is 10.5. The van der Waals surface area contributed by atoms with E-state index in [0.717, 1.165) is 22.3 Å². The zero-order chi connectivity index (χ0) is 24.9. The van der Waals surface area contributed by atoms with Gasteiger partial charge in [0, 0.05) is 12.5 Å². The molecule has 0 fully saturated rings. The molecular weight excluding hydrogens is 450 g/mol. The number of carboxylic acid groups (broad SMARTS) is 1. The molecule has 0 radical (unpaired) electrons. The summed E-state index contributed by atoms with van der Waals surface area (Å²) in [4.78, 5) is 23.6. The Hall–Kier alpha value is -3.88. The first-order valence-corrected chi connectivity index (χ1v) is 11.3. The molecule has 3 aromatic rings. The maximum Gasteiger partial charge on any atom is 0.407 e. The second-order valence-electron chi connectivity index (χ2n) is 8.35. The number of methoxy groups -OCH3 is 1. The number of benzene rings is 3. The number of nitrogens with one attached hydrogen (secondary N) is 1. The van der Waals surface area contributed by atoms with Crippen LogP contribution in [-0.2, 0) is 4.74 Å². The van der Waals surface area contributed by atoms with E-state index in [4.69, 9.17) is 9.47 Å². The van der Waals surface area contributed by atoms with E-state index in [9.17, 15) is 24.9 Å². The van der Waals surface area contributed by atoms with Crippen LogP contribution in [0.15, 0.2) is 66.7 Å². The number of aliphatic hydroxyl groups is 2. The minimum absolute atomic E-state index is 0.0327. The molecule has 1 aliphatic carbocycles. The molecular formula is C27H27NO7. The Morgan fingerprint density at radius 1 is 0.971 bits per heavy atom. The van der Waals surface area contributed by atoms with Gasteiger partial charge in [0.05, 0.1) is 18.8 Å². The van der Waals surface area contributed by atoms with E-state index in [1.807, 2.05) is 36.4 Å². The fourth-order valence-corrected chi connectivity index (χ4v) is 4.39. The van der Waals surface area contributed by atoms with Crippen molar-refractivity contribution < 1.29 is 34.4 Å². The first kappa shape index (κ1) is 24.3. The van der Waals surface area contributed by atoms with E-state index >= 15 is 0 Å². The Kier molecular flexibility index (Phi) is 7.33. The van der Waals surface area contributed by atoms with Gasteiger partial charge in [0.2, 0.25) is 0 Å². The number of carbonyl (C=O) groups excluding carboxylic acids is 1. The van der Waals surface area contributed by atoms with Gasteiger partial charge in [0.15, 0.2) is 0 Å². The molecule has 35 heavy (non-hydrogen) atoms. The van der Waals surface area contributed by atoms with Crippen molar-refractivity contribution in [1.29, 1.82) is 0 Å². The van der Waals surface area contributed by atoms with Crippen molar-refractivity contribution in [2.24, 2.45) is 0 Å². The van der Waals surface area contributed by atoms with Crippen LogP contribution < -0.4 is 10.1 Å². The summed E-state index contributed by atoms with van der Waals surface area (Å²) >= 11 is 0. The van der Waals surface area contributed by atoms with Crippen LogP contribution in [0.2, 0.25) is 0 Å². The number of aliphatic hydroxyl groups excluding tert-OH is 2. The van der Waals surface area contributed by atoms with Crippen LogP contribution >= 0.6 is 0 Å². The highest BCUT2D eigenvalue weighted by atomic mass is 16.5. The summed E-state index contributed by atoms with van der Waals surface area (Å²) in [5, 5.41) is 32.7. The van der Waals surface area contributed by atoms with Crippen molar-refractivity contribution in [1.82, 2.24) is 5.32 Å². The van der Waals surface area contributed by atoms with E-state index in [-0.39, 0.29) is 42.4 Å². The summed E-state index contributed by atoms with van der Waals surface area (Å²) in [7, 11) is 1.38. The Morgan fingerprint density at radius 2 is 1.60 bits per heavy atom. The average Bonchev–Trinajstić information content (AvgIpc) is 3.20. The largest absolute Gasteiger partial charge is 0.497 e. The van der Waals surface area contributed by atoms with Gasteiger partial charge in [-0.15, -0.1) is 0 Å². The first-order valence-electron chi connectivity index (χ1n) is 11.3. The lowest BCUT2D eigenvalue weighted by Gasteiger charge is -2.20. The van der Waals surface area contributed by atoms with Crippen molar-refractivity contribution in [3.8, 4) is 16.9 Å². The normalized spacial score (nSPS) is 13.9. The maximum atomic E-state index is 12.3. The minimum Gasteiger partial charge on any atom is -0.497 e. The molecule has 0 spiro atoms. The number of hydrogen-bond donors (Lipinski definition) is 4. The van der Waals surface area contributed by atoms with Crippen molar-refractivity contribution in [3.63, 3.8) is 0 Å². The van der Waals surface area contributed by atoms with Crippen LogP contribution in [0, 0.1) is 0 Å². The molecule has 1 aliphatic rings. The Balaban J connectivity index is 1.30. The lowest BCUT2D eigenvalue weighted by atomic mass is 9.98. The molecule has 0 saturated heterocycles. The first-order chi connectivity index (χ1) is 16.9. The molecule has 0 saturated carbocycles. The van der Waals surface area contributed by atoms with Crippen LogP contribution in [0.1, 0.15) is 45.5 Å². The highest BCUT2D eigenvalue weighted by molar-refractivity contribution is 5.88. The van der Waals surface area contributed by atoms with Crippen molar-refractivity contribution in [3.05, 3.63) is 89.0 Å². The zero-order valence-corrected chi connectivity index (χ0v) is 19.2. The topological polar surface area (TPSA) is 125 Å². The molecule has 4 N–H and O–H groups in total. The summed E-state index contributed by atoms with van der Waals surface area (Å²) in [6, 6.07) is 20.1.